The number of rotatable bonds is 6. The topological polar surface area (TPSA) is 49.8 Å². The molecule has 0 aromatic heterocycles. The van der Waals surface area contributed by atoms with Crippen molar-refractivity contribution in [2.45, 2.75) is 39.2 Å². The summed E-state index contributed by atoms with van der Waals surface area (Å²) in [7, 11) is 0. The predicted octanol–water partition coefficient (Wildman–Crippen LogP) is 2.99. The van der Waals surface area contributed by atoms with Crippen LogP contribution in [0.2, 0.25) is 0 Å². The van der Waals surface area contributed by atoms with Crippen LogP contribution < -0.4 is 0 Å². The molecule has 0 heterocycles. The van der Waals surface area contributed by atoms with E-state index in [0.29, 0.717) is 25.9 Å². The summed E-state index contributed by atoms with van der Waals surface area (Å²) in [4.78, 5) is 13.7. The number of ether oxygens (including phenoxy) is 1. The van der Waals surface area contributed by atoms with Gasteiger partial charge in [0.25, 0.3) is 0 Å². The van der Waals surface area contributed by atoms with Gasteiger partial charge in [0.05, 0.1) is 0 Å². The largest absolute Gasteiger partial charge is 0.444 e. The first-order valence-electron chi connectivity index (χ1n) is 7.15. The van der Waals surface area contributed by atoms with Crippen molar-refractivity contribution in [2.75, 3.05) is 19.7 Å². The van der Waals surface area contributed by atoms with Gasteiger partial charge in [-0.05, 0) is 51.3 Å². The van der Waals surface area contributed by atoms with Crippen molar-refractivity contribution in [3.05, 3.63) is 35.6 Å². The number of benzene rings is 1. The molecule has 0 spiro atoms. The van der Waals surface area contributed by atoms with Crippen molar-refractivity contribution in [2.24, 2.45) is 0 Å². The van der Waals surface area contributed by atoms with Gasteiger partial charge in [-0.2, -0.15) is 0 Å². The zero-order valence-corrected chi connectivity index (χ0v) is 12.9. The van der Waals surface area contributed by atoms with Gasteiger partial charge in [-0.15, -0.1) is 0 Å². The Morgan fingerprint density at radius 1 is 1.24 bits per heavy atom. The fourth-order valence-electron chi connectivity index (χ4n) is 1.80. The molecule has 0 saturated heterocycles. The molecule has 21 heavy (non-hydrogen) atoms. The Kier molecular flexibility index (Phi) is 6.62. The molecule has 4 nitrogen and oxygen atoms in total. The van der Waals surface area contributed by atoms with Gasteiger partial charge < -0.3 is 14.7 Å². The third kappa shape index (κ3) is 7.09. The van der Waals surface area contributed by atoms with E-state index < -0.39 is 11.7 Å². The smallest absolute Gasteiger partial charge is 0.410 e. The molecular formula is C16H24FNO3. The lowest BCUT2D eigenvalue weighted by molar-refractivity contribution is 0.0242. The fourth-order valence-corrected chi connectivity index (χ4v) is 1.80. The Balaban J connectivity index is 2.60. The minimum absolute atomic E-state index is 0.0237. The van der Waals surface area contributed by atoms with Crippen molar-refractivity contribution >= 4 is 6.09 Å². The summed E-state index contributed by atoms with van der Waals surface area (Å²) in [5.74, 6) is -0.275. The van der Waals surface area contributed by atoms with Gasteiger partial charge in [-0.3, -0.25) is 0 Å². The van der Waals surface area contributed by atoms with E-state index in [2.05, 4.69) is 0 Å². The molecule has 1 N–H and O–H groups in total. The Labute approximate surface area is 125 Å². The van der Waals surface area contributed by atoms with Gasteiger partial charge in [-0.1, -0.05) is 12.1 Å². The lowest BCUT2D eigenvalue weighted by atomic mass is 10.1. The summed E-state index contributed by atoms with van der Waals surface area (Å²) >= 11 is 0. The normalized spacial score (nSPS) is 11.3. The van der Waals surface area contributed by atoms with Gasteiger partial charge in [0.15, 0.2) is 0 Å². The number of aliphatic hydroxyl groups excluding tert-OH is 1. The molecule has 118 valence electrons. The molecule has 0 unspecified atom stereocenters. The lowest BCUT2D eigenvalue weighted by Gasteiger charge is -2.27. The molecular weight excluding hydrogens is 273 g/mol. The number of aliphatic hydroxyl groups is 1. The summed E-state index contributed by atoms with van der Waals surface area (Å²) < 4.78 is 18.2. The van der Waals surface area contributed by atoms with Crippen LogP contribution >= 0.6 is 0 Å². The fraction of sp³-hybridized carbons (Fsp3) is 0.562. The van der Waals surface area contributed by atoms with Gasteiger partial charge in [0.2, 0.25) is 0 Å². The molecule has 0 aliphatic rings. The Hall–Kier alpha value is -1.62. The Bertz CT molecular complexity index is 440. The molecule has 0 aliphatic carbocycles. The second-order valence-electron chi connectivity index (χ2n) is 5.92. The Morgan fingerprint density at radius 3 is 2.38 bits per heavy atom. The molecule has 0 aliphatic heterocycles. The summed E-state index contributed by atoms with van der Waals surface area (Å²) in [6.45, 7) is 6.38. The average molecular weight is 297 g/mol. The maximum Gasteiger partial charge on any atom is 0.410 e. The highest BCUT2D eigenvalue weighted by Gasteiger charge is 2.21. The number of carbonyl (C=O) groups excluding carboxylic acids is 1. The first-order valence-corrected chi connectivity index (χ1v) is 7.15. The van der Waals surface area contributed by atoms with E-state index in [1.807, 2.05) is 20.8 Å². The van der Waals surface area contributed by atoms with Crippen LogP contribution in [0.25, 0.3) is 0 Å². The summed E-state index contributed by atoms with van der Waals surface area (Å²) in [5, 5.41) is 8.92. The van der Waals surface area contributed by atoms with Crippen molar-refractivity contribution in [1.82, 2.24) is 4.90 Å². The van der Waals surface area contributed by atoms with E-state index in [-0.39, 0.29) is 12.4 Å². The molecule has 1 amide bonds. The first kappa shape index (κ1) is 17.4. The highest BCUT2D eigenvalue weighted by molar-refractivity contribution is 5.68. The molecule has 0 atom stereocenters. The predicted molar refractivity (Wildman–Crippen MR) is 79.6 cm³/mol. The number of nitrogens with zero attached hydrogens (tertiary/aromatic N) is 1. The first-order chi connectivity index (χ1) is 9.81. The van der Waals surface area contributed by atoms with Crippen LogP contribution in [0.3, 0.4) is 0 Å². The van der Waals surface area contributed by atoms with E-state index in [1.54, 1.807) is 17.0 Å². The standard InChI is InChI=1S/C16H24FNO3/c1-16(2,3)21-15(20)18(10-4-12-19)11-9-13-5-7-14(17)8-6-13/h5-8,19H,4,9-12H2,1-3H3. The second-order valence-corrected chi connectivity index (χ2v) is 5.92. The van der Waals surface area contributed by atoms with Gasteiger partial charge in [-0.25, -0.2) is 9.18 Å². The van der Waals surface area contributed by atoms with Crippen LogP contribution in [0, 0.1) is 5.82 Å². The molecule has 0 fully saturated rings. The van der Waals surface area contributed by atoms with E-state index in [9.17, 15) is 9.18 Å². The highest BCUT2D eigenvalue weighted by atomic mass is 19.1. The number of halogens is 1. The molecule has 1 aromatic rings. The lowest BCUT2D eigenvalue weighted by Crippen LogP contribution is -2.38. The number of carbonyl (C=O) groups is 1. The number of amides is 1. The second kappa shape index (κ2) is 7.98. The quantitative estimate of drug-likeness (QED) is 0.878. The number of hydrogen-bond donors (Lipinski definition) is 1. The van der Waals surface area contributed by atoms with E-state index in [4.69, 9.17) is 9.84 Å². The SMILES string of the molecule is CC(C)(C)OC(=O)N(CCCO)CCc1ccc(F)cc1. The van der Waals surface area contributed by atoms with Crippen molar-refractivity contribution < 1.29 is 19.0 Å². The minimum Gasteiger partial charge on any atom is -0.444 e. The van der Waals surface area contributed by atoms with E-state index in [0.717, 1.165) is 5.56 Å². The van der Waals surface area contributed by atoms with Crippen LogP contribution in [0.15, 0.2) is 24.3 Å². The Morgan fingerprint density at radius 2 is 1.86 bits per heavy atom. The van der Waals surface area contributed by atoms with Crippen LogP contribution in [0.1, 0.15) is 32.8 Å². The maximum atomic E-state index is 12.9. The van der Waals surface area contributed by atoms with Gasteiger partial charge in [0, 0.05) is 19.7 Å². The van der Waals surface area contributed by atoms with Crippen LogP contribution in [-0.4, -0.2) is 41.4 Å². The van der Waals surface area contributed by atoms with Crippen LogP contribution in [-0.2, 0) is 11.2 Å². The average Bonchev–Trinajstić information content (AvgIpc) is 2.38. The third-order valence-electron chi connectivity index (χ3n) is 2.82. The van der Waals surface area contributed by atoms with E-state index >= 15 is 0 Å². The molecule has 0 bridgehead atoms. The number of hydrogen-bond acceptors (Lipinski definition) is 3. The van der Waals surface area contributed by atoms with Crippen molar-refractivity contribution in [3.63, 3.8) is 0 Å². The van der Waals surface area contributed by atoms with Crippen LogP contribution in [0.5, 0.6) is 0 Å². The molecule has 0 radical (unpaired) electrons. The summed E-state index contributed by atoms with van der Waals surface area (Å²) in [5.41, 5.74) is 0.402. The third-order valence-corrected chi connectivity index (χ3v) is 2.82. The molecule has 0 saturated carbocycles. The van der Waals surface area contributed by atoms with Crippen LogP contribution in [0.4, 0.5) is 9.18 Å². The van der Waals surface area contributed by atoms with E-state index in [1.165, 1.54) is 12.1 Å². The highest BCUT2D eigenvalue weighted by Crippen LogP contribution is 2.11. The molecule has 5 heteroatoms. The summed E-state index contributed by atoms with van der Waals surface area (Å²) in [6, 6.07) is 6.21. The van der Waals surface area contributed by atoms with Crippen molar-refractivity contribution in [3.8, 4) is 0 Å². The maximum absolute atomic E-state index is 12.9. The minimum atomic E-state index is -0.551. The van der Waals surface area contributed by atoms with Crippen molar-refractivity contribution in [1.29, 1.82) is 0 Å². The zero-order chi connectivity index (χ0) is 15.9. The monoisotopic (exact) mass is 297 g/mol. The van der Waals surface area contributed by atoms with Gasteiger partial charge in [0.1, 0.15) is 11.4 Å². The van der Waals surface area contributed by atoms with Gasteiger partial charge >= 0.3 is 6.09 Å². The summed E-state index contributed by atoms with van der Waals surface area (Å²) in [6.07, 6.45) is 0.728. The molecule has 1 rings (SSSR count). The molecule has 1 aromatic carbocycles. The zero-order valence-electron chi connectivity index (χ0n) is 12.9.